The zero-order valence-corrected chi connectivity index (χ0v) is 11.8. The molecular weight excluding hydrogens is 254 g/mol. The Morgan fingerprint density at radius 3 is 2.80 bits per heavy atom. The molecule has 2 aliphatic rings. The van der Waals surface area contributed by atoms with Crippen LogP contribution in [0.3, 0.4) is 0 Å². The lowest BCUT2D eigenvalue weighted by molar-refractivity contribution is -0.112. The van der Waals surface area contributed by atoms with E-state index in [0.717, 1.165) is 44.6 Å². The van der Waals surface area contributed by atoms with E-state index in [1.807, 2.05) is 12.1 Å². The van der Waals surface area contributed by atoms with Gasteiger partial charge in [0.15, 0.2) is 0 Å². The van der Waals surface area contributed by atoms with E-state index in [9.17, 15) is 0 Å². The predicted octanol–water partition coefficient (Wildman–Crippen LogP) is 1.90. The van der Waals surface area contributed by atoms with E-state index in [1.165, 1.54) is 5.56 Å². The van der Waals surface area contributed by atoms with Crippen LogP contribution < -0.4 is 10.5 Å². The van der Waals surface area contributed by atoms with Crippen molar-refractivity contribution in [2.45, 2.75) is 37.4 Å². The molecule has 1 spiro atoms. The molecule has 0 radical (unpaired) electrons. The molecule has 1 aromatic rings. The minimum Gasteiger partial charge on any atom is -0.490 e. The molecule has 110 valence electrons. The highest BCUT2D eigenvalue weighted by Crippen LogP contribution is 2.34. The molecule has 0 amide bonds. The Kier molecular flexibility index (Phi) is 4.24. The van der Waals surface area contributed by atoms with Crippen LogP contribution in [0.25, 0.3) is 0 Å². The monoisotopic (exact) mass is 277 g/mol. The molecule has 4 heteroatoms. The van der Waals surface area contributed by atoms with Gasteiger partial charge in [0.2, 0.25) is 0 Å². The lowest BCUT2D eigenvalue weighted by Crippen LogP contribution is -2.44. The zero-order chi connectivity index (χ0) is 13.8. The minimum atomic E-state index is -0.0948. The van der Waals surface area contributed by atoms with Crippen LogP contribution >= 0.6 is 0 Å². The van der Waals surface area contributed by atoms with Crippen LogP contribution in [0.2, 0.25) is 0 Å². The lowest BCUT2D eigenvalue weighted by Gasteiger charge is -2.37. The Morgan fingerprint density at radius 1 is 1.25 bits per heavy atom. The van der Waals surface area contributed by atoms with Gasteiger partial charge >= 0.3 is 0 Å². The fourth-order valence-corrected chi connectivity index (χ4v) is 3.04. The van der Waals surface area contributed by atoms with E-state index in [2.05, 4.69) is 12.1 Å². The van der Waals surface area contributed by atoms with Crippen LogP contribution in [0.5, 0.6) is 5.75 Å². The van der Waals surface area contributed by atoms with Crippen molar-refractivity contribution in [1.82, 2.24) is 0 Å². The lowest BCUT2D eigenvalue weighted by atomic mass is 9.91. The summed E-state index contributed by atoms with van der Waals surface area (Å²) in [6, 6.07) is 8.27. The molecule has 0 bridgehead atoms. The van der Waals surface area contributed by atoms with Crippen molar-refractivity contribution in [1.29, 1.82) is 0 Å². The van der Waals surface area contributed by atoms with Crippen LogP contribution in [0, 0.1) is 0 Å². The molecule has 0 saturated carbocycles. The Hall–Kier alpha value is -1.10. The number of rotatable bonds is 4. The second-order valence-electron chi connectivity index (χ2n) is 5.75. The van der Waals surface area contributed by atoms with Crippen molar-refractivity contribution in [3.05, 3.63) is 29.8 Å². The van der Waals surface area contributed by atoms with Crippen LogP contribution in [-0.2, 0) is 15.9 Å². The molecule has 20 heavy (non-hydrogen) atoms. The summed E-state index contributed by atoms with van der Waals surface area (Å²) in [5.74, 6) is 0.937. The predicted molar refractivity (Wildman–Crippen MR) is 77.0 cm³/mol. The number of ether oxygens (including phenoxy) is 3. The molecule has 0 aromatic heterocycles. The van der Waals surface area contributed by atoms with Gasteiger partial charge in [-0.1, -0.05) is 12.1 Å². The largest absolute Gasteiger partial charge is 0.490 e. The smallest absolute Gasteiger partial charge is 0.119 e. The van der Waals surface area contributed by atoms with E-state index in [4.69, 9.17) is 19.9 Å². The molecule has 2 heterocycles. The first-order valence-electron chi connectivity index (χ1n) is 7.47. The summed E-state index contributed by atoms with van der Waals surface area (Å²) in [6.45, 7) is 2.96. The summed E-state index contributed by atoms with van der Waals surface area (Å²) in [7, 11) is 0. The maximum absolute atomic E-state index is 6.11. The molecule has 2 unspecified atom stereocenters. The topological polar surface area (TPSA) is 53.7 Å². The van der Waals surface area contributed by atoms with E-state index >= 15 is 0 Å². The van der Waals surface area contributed by atoms with Gasteiger partial charge in [-0.2, -0.15) is 0 Å². The quantitative estimate of drug-likeness (QED) is 0.913. The molecule has 2 N–H and O–H groups in total. The number of benzene rings is 1. The molecular formula is C16H23NO3. The van der Waals surface area contributed by atoms with Crippen molar-refractivity contribution in [3.63, 3.8) is 0 Å². The Bertz CT molecular complexity index is 426. The molecule has 2 fully saturated rings. The first-order chi connectivity index (χ1) is 9.80. The number of hydrogen-bond donors (Lipinski definition) is 1. The normalized spacial score (nSPS) is 29.8. The first kappa shape index (κ1) is 13.9. The van der Waals surface area contributed by atoms with Gasteiger partial charge in [-0.25, -0.2) is 0 Å². The summed E-state index contributed by atoms with van der Waals surface area (Å²) >= 11 is 0. The minimum absolute atomic E-state index is 0.0948. The molecule has 2 saturated heterocycles. The summed E-state index contributed by atoms with van der Waals surface area (Å²) in [5.41, 5.74) is 6.72. The van der Waals surface area contributed by atoms with E-state index in [1.54, 1.807) is 0 Å². The molecule has 4 nitrogen and oxygen atoms in total. The second kappa shape index (κ2) is 6.12. The third-order valence-corrected chi connectivity index (χ3v) is 4.17. The Labute approximate surface area is 120 Å². The molecule has 0 aliphatic carbocycles. The summed E-state index contributed by atoms with van der Waals surface area (Å²) in [5, 5.41) is 0. The fourth-order valence-electron chi connectivity index (χ4n) is 3.04. The van der Waals surface area contributed by atoms with Crippen molar-refractivity contribution in [2.75, 3.05) is 26.4 Å². The van der Waals surface area contributed by atoms with Crippen LogP contribution in [0.4, 0.5) is 0 Å². The summed E-state index contributed by atoms with van der Waals surface area (Å²) < 4.78 is 17.5. The summed E-state index contributed by atoms with van der Waals surface area (Å²) in [6.07, 6.45) is 4.01. The highest BCUT2D eigenvalue weighted by molar-refractivity contribution is 5.27. The summed E-state index contributed by atoms with van der Waals surface area (Å²) in [4.78, 5) is 0. The van der Waals surface area contributed by atoms with Gasteiger partial charge < -0.3 is 19.9 Å². The van der Waals surface area contributed by atoms with Crippen LogP contribution in [0.15, 0.2) is 24.3 Å². The Balaban J connectivity index is 1.59. The second-order valence-corrected chi connectivity index (χ2v) is 5.75. The van der Waals surface area contributed by atoms with Gasteiger partial charge in [0.25, 0.3) is 0 Å². The third kappa shape index (κ3) is 3.14. The van der Waals surface area contributed by atoms with Crippen LogP contribution in [-0.4, -0.2) is 38.1 Å². The van der Waals surface area contributed by atoms with Gasteiger partial charge in [0, 0.05) is 25.9 Å². The van der Waals surface area contributed by atoms with Gasteiger partial charge in [-0.3, -0.25) is 0 Å². The fraction of sp³-hybridized carbons (Fsp3) is 0.625. The highest BCUT2D eigenvalue weighted by atomic mass is 16.6. The highest BCUT2D eigenvalue weighted by Gasteiger charge is 2.41. The van der Waals surface area contributed by atoms with Gasteiger partial charge in [0.1, 0.15) is 11.9 Å². The standard InChI is InChI=1S/C16H23NO3/c17-8-5-13-1-3-14(4-2-13)20-15-6-9-19-16(11-15)7-10-18-12-16/h1-4,15H,5-12,17H2. The van der Waals surface area contributed by atoms with Gasteiger partial charge in [0.05, 0.1) is 18.8 Å². The maximum Gasteiger partial charge on any atom is 0.119 e. The van der Waals surface area contributed by atoms with Crippen molar-refractivity contribution >= 4 is 0 Å². The van der Waals surface area contributed by atoms with Crippen molar-refractivity contribution < 1.29 is 14.2 Å². The SMILES string of the molecule is NCCc1ccc(OC2CCOC3(CCOC3)C2)cc1. The van der Waals surface area contributed by atoms with Gasteiger partial charge in [-0.15, -0.1) is 0 Å². The number of nitrogens with two attached hydrogens (primary N) is 1. The molecule has 2 atom stereocenters. The Morgan fingerprint density at radius 2 is 2.10 bits per heavy atom. The van der Waals surface area contributed by atoms with E-state index in [0.29, 0.717) is 13.2 Å². The molecule has 3 rings (SSSR count). The van der Waals surface area contributed by atoms with Crippen molar-refractivity contribution in [2.24, 2.45) is 5.73 Å². The van der Waals surface area contributed by atoms with Crippen molar-refractivity contribution in [3.8, 4) is 5.75 Å². The average molecular weight is 277 g/mol. The molecule has 2 aliphatic heterocycles. The van der Waals surface area contributed by atoms with Gasteiger partial charge in [-0.05, 0) is 30.7 Å². The van der Waals surface area contributed by atoms with Crippen LogP contribution in [0.1, 0.15) is 24.8 Å². The average Bonchev–Trinajstić information content (AvgIpc) is 2.89. The van der Waals surface area contributed by atoms with E-state index < -0.39 is 0 Å². The zero-order valence-electron chi connectivity index (χ0n) is 11.8. The molecule has 1 aromatic carbocycles. The number of hydrogen-bond acceptors (Lipinski definition) is 4. The van der Waals surface area contributed by atoms with E-state index in [-0.39, 0.29) is 11.7 Å². The third-order valence-electron chi connectivity index (χ3n) is 4.17. The maximum atomic E-state index is 6.11. The first-order valence-corrected chi connectivity index (χ1v) is 7.47.